The third-order valence-corrected chi connectivity index (χ3v) is 6.80. The molecule has 2 saturated heterocycles. The molecule has 2 amide bonds. The van der Waals surface area contributed by atoms with E-state index in [2.05, 4.69) is 5.32 Å². The van der Waals surface area contributed by atoms with Gasteiger partial charge in [-0.25, -0.2) is 0 Å². The summed E-state index contributed by atoms with van der Waals surface area (Å²) in [5.74, 6) is -2.24. The molecule has 6 nitrogen and oxygen atoms in total. The van der Waals surface area contributed by atoms with Gasteiger partial charge in [0.25, 0.3) is 0 Å². The monoisotopic (exact) mass is 494 g/mol. The first-order valence-electron chi connectivity index (χ1n) is 11.1. The van der Waals surface area contributed by atoms with Crippen molar-refractivity contribution < 1.29 is 22.8 Å². The van der Waals surface area contributed by atoms with E-state index in [0.29, 0.717) is 36.9 Å². The first kappa shape index (κ1) is 24.2. The second kappa shape index (κ2) is 9.74. The number of primary amides is 1. The van der Waals surface area contributed by atoms with Crippen molar-refractivity contribution in [2.45, 2.75) is 32.0 Å². The summed E-state index contributed by atoms with van der Waals surface area (Å²) in [5, 5.41) is 3.78. The molecule has 2 aromatic rings. The number of nitrogens with one attached hydrogen (secondary N) is 1. The second-order valence-electron chi connectivity index (χ2n) is 8.87. The van der Waals surface area contributed by atoms with Gasteiger partial charge >= 0.3 is 6.18 Å². The predicted molar refractivity (Wildman–Crippen MR) is 125 cm³/mol. The number of amides is 2. The summed E-state index contributed by atoms with van der Waals surface area (Å²) < 4.78 is 38.9. The molecule has 2 heterocycles. The fourth-order valence-corrected chi connectivity index (χ4v) is 4.71. The van der Waals surface area contributed by atoms with Crippen LogP contribution in [0.4, 0.5) is 30.2 Å². The van der Waals surface area contributed by atoms with Crippen molar-refractivity contribution in [3.63, 3.8) is 0 Å². The lowest BCUT2D eigenvalue weighted by Crippen LogP contribution is -2.39. The number of carbonyl (C=O) groups excluding carboxylic acids is 2. The predicted octanol–water partition coefficient (Wildman–Crippen LogP) is 4.70. The van der Waals surface area contributed by atoms with Crippen LogP contribution < -0.4 is 16.0 Å². The van der Waals surface area contributed by atoms with Gasteiger partial charge in [-0.15, -0.1) is 0 Å². The van der Waals surface area contributed by atoms with E-state index in [9.17, 15) is 22.8 Å². The van der Waals surface area contributed by atoms with Crippen LogP contribution in [0.2, 0.25) is 5.02 Å². The number of likely N-dealkylation sites (tertiary alicyclic amines) is 1. The van der Waals surface area contributed by atoms with Crippen LogP contribution in [-0.4, -0.2) is 42.5 Å². The zero-order chi connectivity index (χ0) is 24.5. The number of alkyl halides is 3. The van der Waals surface area contributed by atoms with E-state index in [1.54, 1.807) is 11.0 Å². The van der Waals surface area contributed by atoms with Crippen molar-refractivity contribution in [3.05, 3.63) is 53.1 Å². The molecule has 2 fully saturated rings. The van der Waals surface area contributed by atoms with Crippen molar-refractivity contribution in [3.8, 4) is 0 Å². The van der Waals surface area contributed by atoms with E-state index in [1.165, 1.54) is 0 Å². The molecule has 0 aliphatic carbocycles. The topological polar surface area (TPSA) is 78.7 Å². The molecular formula is C24H26ClF3N4O2. The minimum Gasteiger partial charge on any atom is -0.370 e. The van der Waals surface area contributed by atoms with Crippen LogP contribution in [-0.2, 0) is 16.1 Å². The summed E-state index contributed by atoms with van der Waals surface area (Å²) >= 11 is 6.35. The number of benzene rings is 2. The molecular weight excluding hydrogens is 469 g/mol. The van der Waals surface area contributed by atoms with E-state index in [-0.39, 0.29) is 25.2 Å². The Morgan fingerprint density at radius 1 is 1.09 bits per heavy atom. The third kappa shape index (κ3) is 5.58. The number of anilines is 3. The molecule has 2 aliphatic rings. The number of piperidine rings is 1. The fourth-order valence-electron chi connectivity index (χ4n) is 4.48. The molecule has 1 atom stereocenters. The molecule has 3 N–H and O–H groups in total. The summed E-state index contributed by atoms with van der Waals surface area (Å²) in [6.07, 6.45) is -3.89. The van der Waals surface area contributed by atoms with Gasteiger partial charge in [0.2, 0.25) is 11.8 Å². The number of hydrogen-bond acceptors (Lipinski definition) is 4. The van der Waals surface area contributed by atoms with E-state index in [4.69, 9.17) is 17.3 Å². The van der Waals surface area contributed by atoms with Crippen LogP contribution in [0.25, 0.3) is 0 Å². The van der Waals surface area contributed by atoms with Crippen molar-refractivity contribution in [2.75, 3.05) is 29.9 Å². The summed E-state index contributed by atoms with van der Waals surface area (Å²) in [6, 6.07) is 12.9. The summed E-state index contributed by atoms with van der Waals surface area (Å²) in [7, 11) is 0. The number of carbonyl (C=O) groups is 2. The minimum atomic E-state index is -4.16. The van der Waals surface area contributed by atoms with Gasteiger partial charge in [-0.05, 0) is 48.7 Å². The Bertz CT molecular complexity index is 1050. The number of hydrogen-bond donors (Lipinski definition) is 2. The number of nitrogens with two attached hydrogens (primary N) is 1. The quantitative estimate of drug-likeness (QED) is 0.610. The van der Waals surface area contributed by atoms with Crippen molar-refractivity contribution in [1.29, 1.82) is 0 Å². The molecule has 1 unspecified atom stereocenters. The highest BCUT2D eigenvalue weighted by atomic mass is 35.5. The molecule has 2 aromatic carbocycles. The molecule has 34 heavy (non-hydrogen) atoms. The molecule has 0 bridgehead atoms. The fraction of sp³-hybridized carbons (Fsp3) is 0.417. The van der Waals surface area contributed by atoms with Crippen LogP contribution >= 0.6 is 11.6 Å². The van der Waals surface area contributed by atoms with Crippen molar-refractivity contribution in [2.24, 2.45) is 17.6 Å². The van der Waals surface area contributed by atoms with Crippen LogP contribution in [0.3, 0.4) is 0 Å². The smallest absolute Gasteiger partial charge is 0.370 e. The van der Waals surface area contributed by atoms with Gasteiger partial charge in [0.1, 0.15) is 0 Å². The molecule has 10 heteroatoms. The Kier molecular flexibility index (Phi) is 6.93. The molecule has 4 rings (SSSR count). The SMILES string of the molecule is NC(=O)C1CC(=O)N(Cc2ccc(Nc3ccc(Cl)c(N4CCC(C(F)(F)F)CC4)c3)cc2)C1. The first-order valence-corrected chi connectivity index (χ1v) is 11.5. The zero-order valence-electron chi connectivity index (χ0n) is 18.4. The van der Waals surface area contributed by atoms with Crippen LogP contribution in [0.5, 0.6) is 0 Å². The van der Waals surface area contributed by atoms with Gasteiger partial charge in [0.05, 0.1) is 22.5 Å². The number of rotatable bonds is 6. The summed E-state index contributed by atoms with van der Waals surface area (Å²) in [5.41, 5.74) is 8.53. The van der Waals surface area contributed by atoms with Crippen LogP contribution in [0.15, 0.2) is 42.5 Å². The Morgan fingerprint density at radius 2 is 1.74 bits per heavy atom. The van der Waals surface area contributed by atoms with Crippen LogP contribution in [0, 0.1) is 11.8 Å². The van der Waals surface area contributed by atoms with Crippen LogP contribution in [0.1, 0.15) is 24.8 Å². The highest BCUT2D eigenvalue weighted by molar-refractivity contribution is 6.33. The van der Waals surface area contributed by atoms with Gasteiger partial charge in [0.15, 0.2) is 0 Å². The van der Waals surface area contributed by atoms with Crippen molar-refractivity contribution in [1.82, 2.24) is 4.90 Å². The molecule has 0 aromatic heterocycles. The summed E-state index contributed by atoms with van der Waals surface area (Å²) in [6.45, 7) is 1.34. The average Bonchev–Trinajstić information content (AvgIpc) is 3.16. The highest BCUT2D eigenvalue weighted by Gasteiger charge is 2.41. The van der Waals surface area contributed by atoms with Gasteiger partial charge in [0, 0.05) is 44.0 Å². The Labute approximate surface area is 200 Å². The average molecular weight is 495 g/mol. The summed E-state index contributed by atoms with van der Waals surface area (Å²) in [4.78, 5) is 27.0. The van der Waals surface area contributed by atoms with Gasteiger partial charge < -0.3 is 20.9 Å². The van der Waals surface area contributed by atoms with E-state index in [1.807, 2.05) is 41.3 Å². The van der Waals surface area contributed by atoms with Gasteiger partial charge in [-0.2, -0.15) is 13.2 Å². The number of halogens is 4. The maximum Gasteiger partial charge on any atom is 0.391 e. The lowest BCUT2D eigenvalue weighted by atomic mass is 9.96. The Balaban J connectivity index is 1.38. The number of nitrogens with zero attached hydrogens (tertiary/aromatic N) is 2. The normalized spacial score (nSPS) is 19.5. The molecule has 2 aliphatic heterocycles. The maximum atomic E-state index is 13.0. The molecule has 182 valence electrons. The third-order valence-electron chi connectivity index (χ3n) is 6.48. The largest absolute Gasteiger partial charge is 0.391 e. The Morgan fingerprint density at radius 3 is 2.32 bits per heavy atom. The molecule has 0 saturated carbocycles. The first-order chi connectivity index (χ1) is 16.1. The minimum absolute atomic E-state index is 0.0542. The van der Waals surface area contributed by atoms with E-state index >= 15 is 0 Å². The zero-order valence-corrected chi connectivity index (χ0v) is 19.2. The van der Waals surface area contributed by atoms with Gasteiger partial charge in [-0.1, -0.05) is 23.7 Å². The Hall–Kier alpha value is -2.94. The lowest BCUT2D eigenvalue weighted by molar-refractivity contribution is -0.179. The standard InChI is InChI=1S/C24H26ClF3N4O2/c25-20-6-5-19(12-21(20)31-9-7-17(8-10-31)24(26,27)28)30-18-3-1-15(2-4-18)13-32-14-16(23(29)34)11-22(32)33/h1-6,12,16-17,30H,7-11,13-14H2,(H2,29,34). The highest BCUT2D eigenvalue weighted by Crippen LogP contribution is 2.38. The van der Waals surface area contributed by atoms with Gasteiger partial charge in [-0.3, -0.25) is 9.59 Å². The van der Waals surface area contributed by atoms with Crippen molar-refractivity contribution >= 4 is 40.5 Å². The van der Waals surface area contributed by atoms with E-state index in [0.717, 1.165) is 16.9 Å². The molecule has 0 radical (unpaired) electrons. The maximum absolute atomic E-state index is 13.0. The van der Waals surface area contributed by atoms with E-state index < -0.39 is 23.9 Å². The lowest BCUT2D eigenvalue weighted by Gasteiger charge is -2.35. The molecule has 0 spiro atoms. The second-order valence-corrected chi connectivity index (χ2v) is 9.28.